The van der Waals surface area contributed by atoms with Gasteiger partial charge >= 0.3 is 5.63 Å². The molecule has 1 aromatic carbocycles. The van der Waals surface area contributed by atoms with Gasteiger partial charge in [-0.3, -0.25) is 0 Å². The SMILES string of the molecule is COc1cc(/C=C\O)cc2ccc(=O)oc12. The first-order valence-electron chi connectivity index (χ1n) is 4.67. The fourth-order valence-corrected chi connectivity index (χ4v) is 1.51. The van der Waals surface area contributed by atoms with Crippen LogP contribution in [0.2, 0.25) is 0 Å². The van der Waals surface area contributed by atoms with Crippen LogP contribution in [0.4, 0.5) is 0 Å². The Labute approximate surface area is 91.4 Å². The molecule has 1 aromatic heterocycles. The Morgan fingerprint density at radius 1 is 1.38 bits per heavy atom. The van der Waals surface area contributed by atoms with E-state index >= 15 is 0 Å². The van der Waals surface area contributed by atoms with Crippen LogP contribution in [0.5, 0.6) is 5.75 Å². The Balaban J connectivity index is 2.78. The quantitative estimate of drug-likeness (QED) is 0.620. The molecule has 0 aliphatic carbocycles. The average molecular weight is 218 g/mol. The van der Waals surface area contributed by atoms with Gasteiger partial charge in [0, 0.05) is 11.5 Å². The summed E-state index contributed by atoms with van der Waals surface area (Å²) in [6.45, 7) is 0. The predicted octanol–water partition coefficient (Wildman–Crippen LogP) is 2.33. The van der Waals surface area contributed by atoms with Crippen molar-refractivity contribution in [3.8, 4) is 5.75 Å². The second kappa shape index (κ2) is 4.10. The maximum atomic E-state index is 11.1. The molecule has 0 unspecified atom stereocenters. The second-order valence-electron chi connectivity index (χ2n) is 3.21. The number of hydrogen-bond donors (Lipinski definition) is 1. The monoisotopic (exact) mass is 218 g/mol. The molecule has 0 saturated heterocycles. The number of benzene rings is 1. The summed E-state index contributed by atoms with van der Waals surface area (Å²) in [7, 11) is 1.49. The van der Waals surface area contributed by atoms with Gasteiger partial charge in [0.05, 0.1) is 13.4 Å². The van der Waals surface area contributed by atoms with Crippen LogP contribution < -0.4 is 10.4 Å². The minimum atomic E-state index is -0.420. The minimum absolute atomic E-state index is 0.407. The van der Waals surface area contributed by atoms with E-state index in [2.05, 4.69) is 0 Å². The number of aliphatic hydroxyl groups is 1. The topological polar surface area (TPSA) is 59.7 Å². The van der Waals surface area contributed by atoms with E-state index in [1.807, 2.05) is 0 Å². The zero-order valence-electron chi connectivity index (χ0n) is 8.64. The van der Waals surface area contributed by atoms with Crippen LogP contribution in [-0.4, -0.2) is 12.2 Å². The Morgan fingerprint density at radius 2 is 2.19 bits per heavy atom. The Bertz CT molecular complexity index is 595. The van der Waals surface area contributed by atoms with Crippen LogP contribution in [0, 0.1) is 0 Å². The molecule has 1 heterocycles. The van der Waals surface area contributed by atoms with Crippen molar-refractivity contribution in [1.82, 2.24) is 0 Å². The smallest absolute Gasteiger partial charge is 0.336 e. The molecule has 82 valence electrons. The van der Waals surface area contributed by atoms with Crippen LogP contribution in [0.3, 0.4) is 0 Å². The summed E-state index contributed by atoms with van der Waals surface area (Å²) in [5.74, 6) is 0.461. The van der Waals surface area contributed by atoms with Crippen molar-refractivity contribution in [3.05, 3.63) is 46.5 Å². The van der Waals surface area contributed by atoms with Crippen molar-refractivity contribution in [2.45, 2.75) is 0 Å². The van der Waals surface area contributed by atoms with E-state index in [9.17, 15) is 4.79 Å². The molecule has 0 saturated carbocycles. The summed E-state index contributed by atoms with van der Waals surface area (Å²) >= 11 is 0. The van der Waals surface area contributed by atoms with Gasteiger partial charge in [-0.25, -0.2) is 4.79 Å². The summed E-state index contributed by atoms with van der Waals surface area (Å²) in [4.78, 5) is 11.1. The van der Waals surface area contributed by atoms with Crippen molar-refractivity contribution in [1.29, 1.82) is 0 Å². The fraction of sp³-hybridized carbons (Fsp3) is 0.0833. The second-order valence-corrected chi connectivity index (χ2v) is 3.21. The lowest BCUT2D eigenvalue weighted by atomic mass is 10.1. The van der Waals surface area contributed by atoms with Gasteiger partial charge in [-0.1, -0.05) is 0 Å². The van der Waals surface area contributed by atoms with Crippen molar-refractivity contribution >= 4 is 17.0 Å². The molecule has 16 heavy (non-hydrogen) atoms. The molecular weight excluding hydrogens is 208 g/mol. The molecule has 0 bridgehead atoms. The van der Waals surface area contributed by atoms with Crippen LogP contribution >= 0.6 is 0 Å². The predicted molar refractivity (Wildman–Crippen MR) is 60.7 cm³/mol. The lowest BCUT2D eigenvalue weighted by Crippen LogP contribution is -1.96. The summed E-state index contributed by atoms with van der Waals surface area (Å²) < 4.78 is 10.2. The molecule has 4 nitrogen and oxygen atoms in total. The molecule has 2 rings (SSSR count). The van der Waals surface area contributed by atoms with Gasteiger partial charge in [0.25, 0.3) is 0 Å². The normalized spacial score (nSPS) is 11.1. The van der Waals surface area contributed by atoms with Crippen molar-refractivity contribution < 1.29 is 14.3 Å². The van der Waals surface area contributed by atoms with Gasteiger partial charge in [0.15, 0.2) is 11.3 Å². The minimum Gasteiger partial charge on any atom is -0.516 e. The first-order valence-corrected chi connectivity index (χ1v) is 4.67. The number of fused-ring (bicyclic) bond motifs is 1. The number of methoxy groups -OCH3 is 1. The molecule has 1 N–H and O–H groups in total. The van der Waals surface area contributed by atoms with Crippen LogP contribution in [0.25, 0.3) is 17.0 Å². The van der Waals surface area contributed by atoms with Crippen molar-refractivity contribution in [2.75, 3.05) is 7.11 Å². The summed E-state index contributed by atoms with van der Waals surface area (Å²) in [6.07, 6.45) is 2.47. The van der Waals surface area contributed by atoms with E-state index in [-0.39, 0.29) is 0 Å². The first-order chi connectivity index (χ1) is 7.74. The Kier molecular flexibility index (Phi) is 2.64. The highest BCUT2D eigenvalue weighted by atomic mass is 16.5. The van der Waals surface area contributed by atoms with Crippen molar-refractivity contribution in [2.24, 2.45) is 0 Å². The van der Waals surface area contributed by atoms with Gasteiger partial charge in [-0.05, 0) is 29.8 Å². The van der Waals surface area contributed by atoms with E-state index < -0.39 is 5.63 Å². The number of ether oxygens (including phenoxy) is 1. The average Bonchev–Trinajstić information content (AvgIpc) is 2.29. The van der Waals surface area contributed by atoms with E-state index in [0.717, 1.165) is 17.2 Å². The molecule has 0 spiro atoms. The Hall–Kier alpha value is -2.23. The van der Waals surface area contributed by atoms with Crippen LogP contribution in [-0.2, 0) is 0 Å². The molecule has 0 amide bonds. The van der Waals surface area contributed by atoms with Crippen LogP contribution in [0.1, 0.15) is 5.56 Å². The molecule has 0 fully saturated rings. The summed E-state index contributed by atoms with van der Waals surface area (Å²) in [6, 6.07) is 6.46. The number of hydrogen-bond acceptors (Lipinski definition) is 4. The maximum Gasteiger partial charge on any atom is 0.336 e. The van der Waals surface area contributed by atoms with Gasteiger partial charge in [0.1, 0.15) is 0 Å². The van der Waals surface area contributed by atoms with E-state index in [4.69, 9.17) is 14.3 Å². The van der Waals surface area contributed by atoms with Crippen molar-refractivity contribution in [3.63, 3.8) is 0 Å². The lowest BCUT2D eigenvalue weighted by molar-refractivity contribution is 0.406. The maximum absolute atomic E-state index is 11.1. The largest absolute Gasteiger partial charge is 0.516 e. The van der Waals surface area contributed by atoms with Gasteiger partial charge < -0.3 is 14.3 Å². The van der Waals surface area contributed by atoms with E-state index in [1.54, 1.807) is 18.2 Å². The zero-order valence-corrected chi connectivity index (χ0v) is 8.64. The lowest BCUT2D eigenvalue weighted by Gasteiger charge is -2.05. The molecule has 0 aliphatic heterocycles. The standard InChI is InChI=1S/C12H10O4/c1-15-10-7-8(4-5-13)6-9-2-3-11(14)16-12(9)10/h2-7,13H,1H3/b5-4-. The molecule has 0 radical (unpaired) electrons. The molecule has 0 aliphatic rings. The number of aliphatic hydroxyl groups excluding tert-OH is 1. The van der Waals surface area contributed by atoms with Gasteiger partial charge in [0.2, 0.25) is 0 Å². The highest BCUT2D eigenvalue weighted by Crippen LogP contribution is 2.26. The van der Waals surface area contributed by atoms with E-state index in [0.29, 0.717) is 11.3 Å². The molecule has 2 aromatic rings. The van der Waals surface area contributed by atoms with Gasteiger partial charge in [-0.15, -0.1) is 0 Å². The summed E-state index contributed by atoms with van der Waals surface area (Å²) in [5, 5.41) is 9.45. The first kappa shape index (κ1) is 10.3. The fourth-order valence-electron chi connectivity index (χ4n) is 1.51. The highest BCUT2D eigenvalue weighted by molar-refractivity contribution is 5.85. The third-order valence-corrected chi connectivity index (χ3v) is 2.19. The Morgan fingerprint density at radius 3 is 2.88 bits per heavy atom. The molecule has 0 atom stereocenters. The molecule has 4 heteroatoms. The van der Waals surface area contributed by atoms with E-state index in [1.165, 1.54) is 19.3 Å². The van der Waals surface area contributed by atoms with Gasteiger partial charge in [-0.2, -0.15) is 0 Å². The summed E-state index contributed by atoms with van der Waals surface area (Å²) in [5.41, 5.74) is 0.752. The zero-order chi connectivity index (χ0) is 11.5. The number of rotatable bonds is 2. The highest BCUT2D eigenvalue weighted by Gasteiger charge is 2.06. The third kappa shape index (κ3) is 1.77. The third-order valence-electron chi connectivity index (χ3n) is 2.19. The molecular formula is C12H10O4. The van der Waals surface area contributed by atoms with Crippen LogP contribution in [0.15, 0.2) is 39.7 Å².